The summed E-state index contributed by atoms with van der Waals surface area (Å²) in [5, 5.41) is 10.6. The summed E-state index contributed by atoms with van der Waals surface area (Å²) in [6.07, 6.45) is 3.68. The van der Waals surface area contributed by atoms with Crippen molar-refractivity contribution in [1.82, 2.24) is 14.8 Å². The molecule has 2 N–H and O–H groups in total. The van der Waals surface area contributed by atoms with Gasteiger partial charge in [0.15, 0.2) is 0 Å². The molecule has 30 heavy (non-hydrogen) atoms. The van der Waals surface area contributed by atoms with Crippen LogP contribution in [0.5, 0.6) is 0 Å². The number of H-pyrrole nitrogens is 1. The van der Waals surface area contributed by atoms with E-state index >= 15 is 0 Å². The monoisotopic (exact) mass is 403 g/mol. The molecule has 2 aromatic carbocycles. The van der Waals surface area contributed by atoms with Gasteiger partial charge in [-0.05, 0) is 36.5 Å². The third-order valence-electron chi connectivity index (χ3n) is 6.72. The number of aliphatic hydroxyl groups excluding tert-OH is 1. The van der Waals surface area contributed by atoms with Crippen molar-refractivity contribution in [3.05, 3.63) is 70.9 Å². The van der Waals surface area contributed by atoms with Crippen molar-refractivity contribution < 1.29 is 9.90 Å². The number of aromatic nitrogens is 1. The Morgan fingerprint density at radius 1 is 1.13 bits per heavy atom. The van der Waals surface area contributed by atoms with Gasteiger partial charge in [0, 0.05) is 60.9 Å². The first kappa shape index (κ1) is 19.3. The highest BCUT2D eigenvalue weighted by Crippen LogP contribution is 2.36. The van der Waals surface area contributed by atoms with Crippen LogP contribution in [0.1, 0.15) is 41.3 Å². The van der Waals surface area contributed by atoms with Crippen molar-refractivity contribution in [2.24, 2.45) is 0 Å². The third-order valence-corrected chi connectivity index (χ3v) is 6.72. The molecule has 1 aromatic heterocycles. The summed E-state index contributed by atoms with van der Waals surface area (Å²) in [7, 11) is 0. The van der Waals surface area contributed by atoms with Crippen LogP contribution >= 0.6 is 0 Å². The first-order valence-corrected chi connectivity index (χ1v) is 11.0. The number of para-hydroxylation sites is 1. The van der Waals surface area contributed by atoms with Gasteiger partial charge >= 0.3 is 0 Å². The van der Waals surface area contributed by atoms with E-state index < -0.39 is 0 Å². The van der Waals surface area contributed by atoms with Crippen LogP contribution in [0.15, 0.2) is 48.5 Å². The van der Waals surface area contributed by atoms with E-state index in [4.69, 9.17) is 0 Å². The molecular weight excluding hydrogens is 374 g/mol. The molecule has 1 aliphatic carbocycles. The molecule has 0 fully saturated rings. The SMILES string of the molecule is O=C(CN(CCCO)C1CCc2ccccc21)N1CCc2[nH]c3ccccc3c2C1. The second kappa shape index (κ2) is 8.25. The molecule has 156 valence electrons. The maximum absolute atomic E-state index is 13.3. The summed E-state index contributed by atoms with van der Waals surface area (Å²) in [4.78, 5) is 21.1. The van der Waals surface area contributed by atoms with Gasteiger partial charge < -0.3 is 15.0 Å². The fraction of sp³-hybridized carbons (Fsp3) is 0.400. The molecule has 2 heterocycles. The lowest BCUT2D eigenvalue weighted by atomic mass is 10.0. The number of nitrogens with one attached hydrogen (secondary N) is 1. The lowest BCUT2D eigenvalue weighted by Crippen LogP contribution is -2.43. The summed E-state index contributed by atoms with van der Waals surface area (Å²) in [6, 6.07) is 17.2. The van der Waals surface area contributed by atoms with Gasteiger partial charge in [0.1, 0.15) is 0 Å². The molecule has 5 rings (SSSR count). The molecule has 1 aliphatic heterocycles. The standard InChI is InChI=1S/C25H29N3O2/c29-15-5-13-27(24-11-10-18-6-1-2-7-19(18)24)17-25(30)28-14-12-23-21(16-28)20-8-3-4-9-22(20)26-23/h1-4,6-9,24,26,29H,5,10-17H2. The quantitative estimate of drug-likeness (QED) is 0.663. The number of hydrogen-bond donors (Lipinski definition) is 2. The van der Waals surface area contributed by atoms with E-state index in [-0.39, 0.29) is 18.6 Å². The molecule has 0 radical (unpaired) electrons. The molecule has 1 amide bonds. The number of carbonyl (C=O) groups excluding carboxylic acids is 1. The van der Waals surface area contributed by atoms with E-state index in [1.165, 1.54) is 27.8 Å². The Morgan fingerprint density at radius 2 is 1.97 bits per heavy atom. The zero-order chi connectivity index (χ0) is 20.5. The normalized spacial score (nSPS) is 18.1. The van der Waals surface area contributed by atoms with Gasteiger partial charge in [-0.15, -0.1) is 0 Å². The molecule has 0 spiro atoms. The fourth-order valence-electron chi connectivity index (χ4n) is 5.19. The van der Waals surface area contributed by atoms with Gasteiger partial charge in [0.2, 0.25) is 5.91 Å². The summed E-state index contributed by atoms with van der Waals surface area (Å²) < 4.78 is 0. The number of aromatic amines is 1. The van der Waals surface area contributed by atoms with Gasteiger partial charge in [-0.2, -0.15) is 0 Å². The van der Waals surface area contributed by atoms with Crippen molar-refractivity contribution in [2.45, 2.75) is 38.3 Å². The molecule has 1 atom stereocenters. The van der Waals surface area contributed by atoms with E-state index in [1.54, 1.807) is 0 Å². The molecule has 0 saturated carbocycles. The Morgan fingerprint density at radius 3 is 2.87 bits per heavy atom. The van der Waals surface area contributed by atoms with E-state index in [1.807, 2.05) is 11.0 Å². The number of benzene rings is 2. The van der Waals surface area contributed by atoms with Crippen molar-refractivity contribution in [3.63, 3.8) is 0 Å². The lowest BCUT2D eigenvalue weighted by molar-refractivity contribution is -0.134. The highest BCUT2D eigenvalue weighted by atomic mass is 16.3. The van der Waals surface area contributed by atoms with Crippen LogP contribution in [0.2, 0.25) is 0 Å². The molecule has 5 nitrogen and oxygen atoms in total. The maximum Gasteiger partial charge on any atom is 0.237 e. The zero-order valence-electron chi connectivity index (χ0n) is 17.3. The van der Waals surface area contributed by atoms with Gasteiger partial charge in [0.05, 0.1) is 6.54 Å². The number of rotatable bonds is 6. The number of carbonyl (C=O) groups is 1. The topological polar surface area (TPSA) is 59.6 Å². The van der Waals surface area contributed by atoms with E-state index in [0.29, 0.717) is 19.5 Å². The number of nitrogens with zero attached hydrogens (tertiary/aromatic N) is 2. The molecule has 2 aliphatic rings. The Labute approximate surface area is 177 Å². The first-order chi connectivity index (χ1) is 14.7. The van der Waals surface area contributed by atoms with Crippen molar-refractivity contribution in [1.29, 1.82) is 0 Å². The van der Waals surface area contributed by atoms with Crippen LogP contribution in [0.3, 0.4) is 0 Å². The lowest BCUT2D eigenvalue weighted by Gasteiger charge is -2.33. The third kappa shape index (κ3) is 3.53. The maximum atomic E-state index is 13.3. The van der Waals surface area contributed by atoms with Crippen molar-refractivity contribution in [3.8, 4) is 0 Å². The molecule has 5 heteroatoms. The Bertz CT molecular complexity index is 1060. The highest BCUT2D eigenvalue weighted by molar-refractivity contribution is 5.86. The van der Waals surface area contributed by atoms with Crippen LogP contribution < -0.4 is 0 Å². The minimum absolute atomic E-state index is 0.154. The fourth-order valence-corrected chi connectivity index (χ4v) is 5.19. The predicted molar refractivity (Wildman–Crippen MR) is 118 cm³/mol. The summed E-state index contributed by atoms with van der Waals surface area (Å²) in [5.41, 5.74) is 6.43. The first-order valence-electron chi connectivity index (χ1n) is 11.0. The molecule has 0 saturated heterocycles. The van der Waals surface area contributed by atoms with Crippen molar-refractivity contribution in [2.75, 3.05) is 26.2 Å². The Hall–Kier alpha value is -2.63. The van der Waals surface area contributed by atoms with Gasteiger partial charge in [0.25, 0.3) is 0 Å². The highest BCUT2D eigenvalue weighted by Gasteiger charge is 2.31. The van der Waals surface area contributed by atoms with Crippen molar-refractivity contribution >= 4 is 16.8 Å². The van der Waals surface area contributed by atoms with Gasteiger partial charge in [-0.3, -0.25) is 9.69 Å². The van der Waals surface area contributed by atoms with Gasteiger partial charge in [-0.25, -0.2) is 0 Å². The van der Waals surface area contributed by atoms with E-state index in [0.717, 1.165) is 37.9 Å². The molecule has 0 bridgehead atoms. The van der Waals surface area contributed by atoms with E-state index in [9.17, 15) is 9.90 Å². The van der Waals surface area contributed by atoms with Crippen LogP contribution in [0.25, 0.3) is 10.9 Å². The minimum atomic E-state index is 0.154. The molecule has 1 unspecified atom stereocenters. The number of fused-ring (bicyclic) bond motifs is 4. The number of aliphatic hydroxyl groups is 1. The van der Waals surface area contributed by atoms with Crippen LogP contribution in [-0.2, 0) is 24.2 Å². The zero-order valence-corrected chi connectivity index (χ0v) is 17.3. The molecular formula is C25H29N3O2. The van der Waals surface area contributed by atoms with E-state index in [2.05, 4.69) is 52.3 Å². The van der Waals surface area contributed by atoms with Crippen LogP contribution in [-0.4, -0.2) is 52.0 Å². The summed E-state index contributed by atoms with van der Waals surface area (Å²) >= 11 is 0. The second-order valence-corrected chi connectivity index (χ2v) is 8.49. The Balaban J connectivity index is 1.34. The molecule has 3 aromatic rings. The average molecular weight is 404 g/mol. The second-order valence-electron chi connectivity index (χ2n) is 8.49. The summed E-state index contributed by atoms with van der Waals surface area (Å²) in [5.74, 6) is 0.188. The largest absolute Gasteiger partial charge is 0.396 e. The van der Waals surface area contributed by atoms with Crippen LogP contribution in [0.4, 0.5) is 0 Å². The Kier molecular flexibility index (Phi) is 5.32. The number of aryl methyl sites for hydroxylation is 1. The average Bonchev–Trinajstić information content (AvgIpc) is 3.37. The smallest absolute Gasteiger partial charge is 0.237 e. The predicted octanol–water partition coefficient (Wildman–Crippen LogP) is 3.42. The summed E-state index contributed by atoms with van der Waals surface area (Å²) in [6.45, 7) is 2.74. The minimum Gasteiger partial charge on any atom is -0.396 e. The number of hydrogen-bond acceptors (Lipinski definition) is 3. The number of amides is 1. The van der Waals surface area contributed by atoms with Crippen LogP contribution in [0, 0.1) is 0 Å². The van der Waals surface area contributed by atoms with Gasteiger partial charge in [-0.1, -0.05) is 42.5 Å².